The summed E-state index contributed by atoms with van der Waals surface area (Å²) in [6.07, 6.45) is 9.15. The topological polar surface area (TPSA) is 54.7 Å². The molecule has 1 aromatic heterocycles. The van der Waals surface area contributed by atoms with Crippen molar-refractivity contribution >= 4 is 52.1 Å². The summed E-state index contributed by atoms with van der Waals surface area (Å²) >= 11 is 12.3. The van der Waals surface area contributed by atoms with Gasteiger partial charge >= 0.3 is 0 Å². The molecule has 5 aliphatic rings. The first kappa shape index (κ1) is 20.5. The molecule has 4 aliphatic carbocycles. The molecule has 2 heterocycles. The van der Waals surface area contributed by atoms with Crippen LogP contribution in [0.1, 0.15) is 17.5 Å². The largest absolute Gasteiger partial charge is 0.342 e. The number of allylic oxidation sites excluding steroid dienone is 2. The summed E-state index contributed by atoms with van der Waals surface area (Å²) in [5, 5.41) is 7.63. The first-order valence-corrected chi connectivity index (χ1v) is 12.4. The molecule has 0 radical (unpaired) electrons. The summed E-state index contributed by atoms with van der Waals surface area (Å²) in [5.41, 5.74) is 2.91. The molecule has 1 saturated heterocycles. The van der Waals surface area contributed by atoms with Crippen LogP contribution in [0.4, 0.5) is 0 Å². The van der Waals surface area contributed by atoms with Crippen LogP contribution in [0.5, 0.6) is 0 Å². The molecule has 1 aliphatic heterocycles. The minimum absolute atomic E-state index is 0.143. The van der Waals surface area contributed by atoms with Crippen molar-refractivity contribution in [2.24, 2.45) is 40.6 Å². The van der Waals surface area contributed by atoms with Gasteiger partial charge in [0.15, 0.2) is 0 Å². The number of carbonyl (C=O) groups is 2. The smallest absolute Gasteiger partial charge is 0.254 e. The number of para-hydroxylation sites is 1. The van der Waals surface area contributed by atoms with E-state index in [9.17, 15) is 9.59 Å². The number of halogens is 2. The second-order valence-corrected chi connectivity index (χ2v) is 10.7. The van der Waals surface area contributed by atoms with Crippen LogP contribution < -0.4 is 0 Å². The van der Waals surface area contributed by atoms with Gasteiger partial charge < -0.3 is 4.57 Å². The lowest BCUT2D eigenvalue weighted by molar-refractivity contribution is -0.140. The van der Waals surface area contributed by atoms with E-state index < -0.39 is 0 Å². The highest BCUT2D eigenvalue weighted by Gasteiger charge is 2.67. The Kier molecular flexibility index (Phi) is 4.40. The average Bonchev–Trinajstić information content (AvgIpc) is 3.55. The predicted octanol–water partition coefficient (Wildman–Crippen LogP) is 5.38. The SMILES string of the molecule is O=C1C2C3C=CC(C4CC34)C2C(=O)N1N=Cc1cn(Cc2ccc(Cl)c(Cl)c2)c2ccccc12. The molecule has 2 saturated carbocycles. The molecule has 2 bridgehead atoms. The van der Waals surface area contributed by atoms with Crippen LogP contribution in [0.15, 0.2) is 65.9 Å². The fourth-order valence-corrected chi connectivity index (χ4v) is 6.84. The Bertz CT molecular complexity index is 1400. The van der Waals surface area contributed by atoms with E-state index in [0.29, 0.717) is 28.4 Å². The van der Waals surface area contributed by atoms with Crippen molar-refractivity contribution in [2.75, 3.05) is 0 Å². The zero-order valence-corrected chi connectivity index (χ0v) is 19.7. The van der Waals surface area contributed by atoms with Crippen LogP contribution in [0.3, 0.4) is 0 Å². The molecular formula is C27H21Cl2N3O2. The first-order chi connectivity index (χ1) is 16.5. The van der Waals surface area contributed by atoms with Gasteiger partial charge in [0.05, 0.1) is 28.1 Å². The van der Waals surface area contributed by atoms with Gasteiger partial charge in [0.25, 0.3) is 11.8 Å². The van der Waals surface area contributed by atoms with Crippen LogP contribution in [0, 0.1) is 35.5 Å². The Hall–Kier alpha value is -2.89. The average molecular weight is 490 g/mol. The Morgan fingerprint density at radius 3 is 2.35 bits per heavy atom. The lowest BCUT2D eigenvalue weighted by Gasteiger charge is -2.37. The third kappa shape index (κ3) is 2.90. The highest BCUT2D eigenvalue weighted by atomic mass is 35.5. The lowest BCUT2D eigenvalue weighted by Crippen LogP contribution is -2.40. The number of rotatable bonds is 4. The minimum Gasteiger partial charge on any atom is -0.342 e. The fraction of sp³-hybridized carbons (Fsp3) is 0.296. The van der Waals surface area contributed by atoms with Gasteiger partial charge in [0, 0.05) is 29.2 Å². The summed E-state index contributed by atoms with van der Waals surface area (Å²) in [6.45, 7) is 0.606. The molecule has 6 atom stereocenters. The van der Waals surface area contributed by atoms with E-state index in [1.54, 1.807) is 12.3 Å². The van der Waals surface area contributed by atoms with Gasteiger partial charge in [-0.1, -0.05) is 59.6 Å². The quantitative estimate of drug-likeness (QED) is 0.280. The number of aromatic nitrogens is 1. The summed E-state index contributed by atoms with van der Waals surface area (Å²) in [5.74, 6) is 0.798. The number of fused-ring (bicyclic) bond motifs is 1. The molecule has 8 rings (SSSR count). The van der Waals surface area contributed by atoms with E-state index in [-0.39, 0.29) is 35.5 Å². The van der Waals surface area contributed by atoms with Crippen LogP contribution >= 0.6 is 23.2 Å². The van der Waals surface area contributed by atoms with Gasteiger partial charge in [-0.15, -0.1) is 0 Å². The van der Waals surface area contributed by atoms with Gasteiger partial charge in [-0.3, -0.25) is 9.59 Å². The second-order valence-electron chi connectivity index (χ2n) is 9.87. The normalized spacial score (nSPS) is 31.1. The number of hydrogen-bond donors (Lipinski definition) is 0. The molecular weight excluding hydrogens is 469 g/mol. The molecule has 34 heavy (non-hydrogen) atoms. The van der Waals surface area contributed by atoms with Crippen molar-refractivity contribution in [3.8, 4) is 0 Å². The van der Waals surface area contributed by atoms with E-state index in [1.165, 1.54) is 0 Å². The molecule has 2 amide bonds. The van der Waals surface area contributed by atoms with Crippen molar-refractivity contribution in [3.63, 3.8) is 0 Å². The second kappa shape index (κ2) is 7.30. The number of benzene rings is 2. The molecule has 6 unspecified atom stereocenters. The Balaban J connectivity index is 1.20. The minimum atomic E-state index is -0.237. The zero-order chi connectivity index (χ0) is 23.1. The number of imide groups is 1. The highest BCUT2D eigenvalue weighted by Crippen LogP contribution is 2.65. The number of hydrazone groups is 1. The molecule has 170 valence electrons. The van der Waals surface area contributed by atoms with Crippen molar-refractivity contribution in [1.82, 2.24) is 9.58 Å². The lowest BCUT2D eigenvalue weighted by atomic mass is 9.63. The summed E-state index contributed by atoms with van der Waals surface area (Å²) in [4.78, 5) is 26.4. The maximum absolute atomic E-state index is 13.2. The number of carbonyl (C=O) groups excluding carboxylic acids is 2. The van der Waals surface area contributed by atoms with Crippen LogP contribution in [0.2, 0.25) is 10.0 Å². The molecule has 5 nitrogen and oxygen atoms in total. The molecule has 3 fully saturated rings. The molecule has 0 N–H and O–H groups in total. The van der Waals surface area contributed by atoms with Crippen LogP contribution in [-0.4, -0.2) is 27.6 Å². The van der Waals surface area contributed by atoms with Gasteiger partial charge in [0.2, 0.25) is 0 Å². The monoisotopic (exact) mass is 489 g/mol. The first-order valence-electron chi connectivity index (χ1n) is 11.6. The van der Waals surface area contributed by atoms with Crippen molar-refractivity contribution < 1.29 is 9.59 Å². The fourth-order valence-electron chi connectivity index (χ4n) is 6.52. The van der Waals surface area contributed by atoms with E-state index in [2.05, 4.69) is 21.8 Å². The van der Waals surface area contributed by atoms with E-state index in [0.717, 1.165) is 33.5 Å². The van der Waals surface area contributed by atoms with Gasteiger partial charge in [-0.25, -0.2) is 0 Å². The third-order valence-electron chi connectivity index (χ3n) is 8.11. The van der Waals surface area contributed by atoms with E-state index >= 15 is 0 Å². The molecule has 7 heteroatoms. The maximum atomic E-state index is 13.2. The van der Waals surface area contributed by atoms with Gasteiger partial charge in [-0.2, -0.15) is 10.1 Å². The zero-order valence-electron chi connectivity index (χ0n) is 18.1. The molecule has 3 aromatic rings. The molecule has 0 spiro atoms. The Morgan fingerprint density at radius 2 is 1.65 bits per heavy atom. The van der Waals surface area contributed by atoms with Gasteiger partial charge in [0.1, 0.15) is 0 Å². The van der Waals surface area contributed by atoms with E-state index in [4.69, 9.17) is 23.2 Å². The van der Waals surface area contributed by atoms with Crippen molar-refractivity contribution in [3.05, 3.63) is 82.0 Å². The predicted molar refractivity (Wildman–Crippen MR) is 132 cm³/mol. The highest BCUT2D eigenvalue weighted by molar-refractivity contribution is 6.42. The maximum Gasteiger partial charge on any atom is 0.254 e. The van der Waals surface area contributed by atoms with Gasteiger partial charge in [-0.05, 0) is 53.9 Å². The van der Waals surface area contributed by atoms with Crippen molar-refractivity contribution in [1.29, 1.82) is 0 Å². The number of hydrogen-bond acceptors (Lipinski definition) is 3. The Morgan fingerprint density at radius 1 is 0.941 bits per heavy atom. The number of amides is 2. The number of nitrogens with zero attached hydrogens (tertiary/aromatic N) is 3. The Labute approximate surface area is 206 Å². The summed E-state index contributed by atoms with van der Waals surface area (Å²) in [6, 6.07) is 13.6. The van der Waals surface area contributed by atoms with Crippen molar-refractivity contribution in [2.45, 2.75) is 13.0 Å². The summed E-state index contributed by atoms with van der Waals surface area (Å²) in [7, 11) is 0. The van der Waals surface area contributed by atoms with E-state index in [1.807, 2.05) is 42.6 Å². The van der Waals surface area contributed by atoms with Crippen LogP contribution in [0.25, 0.3) is 10.9 Å². The van der Waals surface area contributed by atoms with Crippen LogP contribution in [-0.2, 0) is 16.1 Å². The third-order valence-corrected chi connectivity index (χ3v) is 8.85. The standard InChI is InChI=1S/C27H21Cl2N3O2/c28-21-8-5-14(9-22(21)29)12-31-13-15(16-3-1-2-4-23(16)31)11-30-32-26(33)24-17-6-7-18(20-10-19(17)20)25(24)27(32)34/h1-9,11,13,17-20,24-25H,10,12H2. The molecule has 2 aromatic carbocycles. The summed E-state index contributed by atoms with van der Waals surface area (Å²) < 4.78 is 2.11.